The number of carbonyl (C=O) groups excluding carboxylic acids is 3. The third-order valence-electron chi connectivity index (χ3n) is 5.60. The molecule has 0 aliphatic carbocycles. The van der Waals surface area contributed by atoms with Crippen LogP contribution in [-0.4, -0.2) is 54.7 Å². The molecule has 0 fully saturated rings. The van der Waals surface area contributed by atoms with Crippen molar-refractivity contribution in [1.29, 1.82) is 0 Å². The maximum Gasteiger partial charge on any atom is 0.495 e. The molecule has 1 amide bonds. The van der Waals surface area contributed by atoms with E-state index in [1.165, 1.54) is 0 Å². The number of H-pyrrole nitrogens is 1. The summed E-state index contributed by atoms with van der Waals surface area (Å²) in [5.41, 5.74) is 2.13. The minimum atomic E-state index is -5.28. The Morgan fingerprint density at radius 2 is 1.89 bits per heavy atom. The van der Waals surface area contributed by atoms with E-state index in [-0.39, 0.29) is 18.9 Å². The van der Waals surface area contributed by atoms with E-state index in [0.29, 0.717) is 42.4 Å². The molecule has 1 aliphatic rings. The summed E-state index contributed by atoms with van der Waals surface area (Å²) in [5.74, 6) is -3.45. The number of rotatable bonds is 9. The average Bonchev–Trinajstić information content (AvgIpc) is 3.51. The molecule has 0 saturated heterocycles. The SMILES string of the molecule is O=C1CN=C(NCCCOc2ccc3c(C(CC(=O)OOC(=O)C(F)(F)F)c4ccccc4)c[nH]c3c2)N1. The Morgan fingerprint density at radius 1 is 1.11 bits per heavy atom. The molecule has 13 heteroatoms. The quantitative estimate of drug-likeness (QED) is 0.219. The highest BCUT2D eigenvalue weighted by atomic mass is 19.4. The van der Waals surface area contributed by atoms with E-state index in [2.05, 4.69) is 30.4 Å². The normalized spacial score (nSPS) is 14.0. The fourth-order valence-electron chi connectivity index (χ4n) is 3.86. The van der Waals surface area contributed by atoms with Gasteiger partial charge in [0.25, 0.3) is 0 Å². The Balaban J connectivity index is 1.40. The van der Waals surface area contributed by atoms with Crippen molar-refractivity contribution >= 4 is 34.7 Å². The van der Waals surface area contributed by atoms with Gasteiger partial charge in [-0.05, 0) is 29.7 Å². The Morgan fingerprint density at radius 3 is 2.61 bits per heavy atom. The van der Waals surface area contributed by atoms with Gasteiger partial charge in [-0.3, -0.25) is 10.1 Å². The molecule has 2 heterocycles. The van der Waals surface area contributed by atoms with Gasteiger partial charge in [-0.15, -0.1) is 0 Å². The topological polar surface area (TPSA) is 131 Å². The van der Waals surface area contributed by atoms with Crippen molar-refractivity contribution in [3.63, 3.8) is 0 Å². The molecule has 3 N–H and O–H groups in total. The molecule has 0 spiro atoms. The molecule has 0 bridgehead atoms. The van der Waals surface area contributed by atoms with Gasteiger partial charge in [-0.2, -0.15) is 13.2 Å². The largest absolute Gasteiger partial charge is 0.495 e. The van der Waals surface area contributed by atoms with Gasteiger partial charge in [0.2, 0.25) is 5.91 Å². The highest BCUT2D eigenvalue weighted by molar-refractivity contribution is 6.02. The summed E-state index contributed by atoms with van der Waals surface area (Å²) < 4.78 is 42.8. The number of aromatic nitrogens is 1. The zero-order chi connectivity index (χ0) is 27.1. The first kappa shape index (κ1) is 26.5. The van der Waals surface area contributed by atoms with Crippen molar-refractivity contribution in [1.82, 2.24) is 15.6 Å². The van der Waals surface area contributed by atoms with Gasteiger partial charge in [-0.1, -0.05) is 30.3 Å². The minimum Gasteiger partial charge on any atom is -0.493 e. The number of ether oxygens (including phenoxy) is 1. The number of nitrogens with one attached hydrogen (secondary N) is 3. The zero-order valence-corrected chi connectivity index (χ0v) is 19.8. The minimum absolute atomic E-state index is 0.120. The van der Waals surface area contributed by atoms with Crippen molar-refractivity contribution in [2.45, 2.75) is 24.9 Å². The smallest absolute Gasteiger partial charge is 0.493 e. The Bertz CT molecular complexity index is 1340. The standard InChI is InChI=1S/C25H23F3N4O6/c26-25(27,28)23(35)38-37-22(34)12-18(15-5-2-1-3-6-15)19-13-30-20-11-16(7-8-17(19)20)36-10-4-9-29-24-31-14-21(33)32-24/h1-3,5-8,11,13,18,30H,4,9-10,12,14H2,(H2,29,31,32,33). The number of hydrogen-bond acceptors (Lipinski definition) is 8. The third kappa shape index (κ3) is 6.81. The molecule has 38 heavy (non-hydrogen) atoms. The Hall–Kier alpha value is -4.55. The van der Waals surface area contributed by atoms with Crippen LogP contribution in [0.4, 0.5) is 13.2 Å². The van der Waals surface area contributed by atoms with Crippen LogP contribution in [0.5, 0.6) is 5.75 Å². The highest BCUT2D eigenvalue weighted by Crippen LogP contribution is 2.35. The summed E-state index contributed by atoms with van der Waals surface area (Å²) in [7, 11) is 0. The van der Waals surface area contributed by atoms with Crippen LogP contribution in [-0.2, 0) is 24.2 Å². The number of amides is 1. The predicted octanol–water partition coefficient (Wildman–Crippen LogP) is 3.10. The molecule has 200 valence electrons. The second kappa shape index (κ2) is 11.7. The van der Waals surface area contributed by atoms with Crippen LogP contribution in [0.1, 0.15) is 29.9 Å². The summed E-state index contributed by atoms with van der Waals surface area (Å²) in [6.07, 6.45) is -3.31. The number of alkyl halides is 3. The molecule has 4 rings (SSSR count). The van der Waals surface area contributed by atoms with E-state index < -0.39 is 24.0 Å². The molecule has 1 aliphatic heterocycles. The van der Waals surface area contributed by atoms with Crippen LogP contribution < -0.4 is 15.4 Å². The number of hydrogen-bond donors (Lipinski definition) is 3. The lowest BCUT2D eigenvalue weighted by atomic mass is 9.88. The molecule has 1 aromatic heterocycles. The molecule has 2 aromatic carbocycles. The number of aliphatic imine (C=N–C) groups is 1. The Labute approximate surface area is 214 Å². The molecular weight excluding hydrogens is 509 g/mol. The lowest BCUT2D eigenvalue weighted by Crippen LogP contribution is -2.37. The summed E-state index contributed by atoms with van der Waals surface area (Å²) in [6, 6.07) is 14.2. The zero-order valence-electron chi connectivity index (χ0n) is 19.8. The number of benzene rings is 2. The molecule has 3 aromatic rings. The van der Waals surface area contributed by atoms with Crippen LogP contribution >= 0.6 is 0 Å². The number of guanidine groups is 1. The number of aromatic amines is 1. The van der Waals surface area contributed by atoms with Crippen molar-refractivity contribution in [2.24, 2.45) is 4.99 Å². The van der Waals surface area contributed by atoms with Gasteiger partial charge in [0.05, 0.1) is 13.0 Å². The number of halogens is 3. The van der Waals surface area contributed by atoms with Gasteiger partial charge in [0.15, 0.2) is 5.96 Å². The lowest BCUT2D eigenvalue weighted by molar-refractivity contribution is -0.285. The fourth-order valence-corrected chi connectivity index (χ4v) is 3.86. The maximum absolute atomic E-state index is 12.3. The van der Waals surface area contributed by atoms with Crippen molar-refractivity contribution < 1.29 is 42.1 Å². The van der Waals surface area contributed by atoms with Crippen LogP contribution in [0.3, 0.4) is 0 Å². The van der Waals surface area contributed by atoms with Gasteiger partial charge in [-0.25, -0.2) is 24.4 Å². The number of carbonyl (C=O) groups is 3. The maximum atomic E-state index is 12.3. The van der Waals surface area contributed by atoms with Crippen molar-refractivity contribution in [3.05, 3.63) is 65.9 Å². The van der Waals surface area contributed by atoms with Gasteiger partial charge >= 0.3 is 18.1 Å². The van der Waals surface area contributed by atoms with Crippen LogP contribution in [0.15, 0.2) is 59.7 Å². The highest BCUT2D eigenvalue weighted by Gasteiger charge is 2.43. The van der Waals surface area contributed by atoms with Crippen LogP contribution in [0.2, 0.25) is 0 Å². The predicted molar refractivity (Wildman–Crippen MR) is 128 cm³/mol. The van der Waals surface area contributed by atoms with Gasteiger partial charge in [0, 0.05) is 35.6 Å². The van der Waals surface area contributed by atoms with E-state index >= 15 is 0 Å². The number of nitrogens with zero attached hydrogens (tertiary/aromatic N) is 1. The Kier molecular flexibility index (Phi) is 8.14. The lowest BCUT2D eigenvalue weighted by Gasteiger charge is -2.16. The summed E-state index contributed by atoms with van der Waals surface area (Å²) in [4.78, 5) is 49.2. The third-order valence-corrected chi connectivity index (χ3v) is 5.60. The molecule has 1 unspecified atom stereocenters. The molecular formula is C25H23F3N4O6. The van der Waals surface area contributed by atoms with E-state index in [0.717, 1.165) is 10.9 Å². The van der Waals surface area contributed by atoms with E-state index in [9.17, 15) is 27.6 Å². The fraction of sp³-hybridized carbons (Fsp3) is 0.280. The summed E-state index contributed by atoms with van der Waals surface area (Å²) in [6.45, 7) is 1.08. The van der Waals surface area contributed by atoms with Gasteiger partial charge < -0.3 is 15.0 Å². The second-order valence-electron chi connectivity index (χ2n) is 8.28. The second-order valence-corrected chi connectivity index (χ2v) is 8.28. The molecule has 10 nitrogen and oxygen atoms in total. The van der Waals surface area contributed by atoms with Crippen LogP contribution in [0, 0.1) is 0 Å². The number of fused-ring (bicyclic) bond motifs is 1. The molecule has 1 atom stereocenters. The van der Waals surface area contributed by atoms with Crippen molar-refractivity contribution in [3.8, 4) is 5.75 Å². The first-order chi connectivity index (χ1) is 18.2. The van der Waals surface area contributed by atoms with E-state index in [1.54, 1.807) is 48.7 Å². The average molecular weight is 532 g/mol. The summed E-state index contributed by atoms with van der Waals surface area (Å²) >= 11 is 0. The van der Waals surface area contributed by atoms with Gasteiger partial charge in [0.1, 0.15) is 12.3 Å². The van der Waals surface area contributed by atoms with Crippen LogP contribution in [0.25, 0.3) is 10.9 Å². The van der Waals surface area contributed by atoms with Crippen molar-refractivity contribution in [2.75, 3.05) is 19.7 Å². The van der Waals surface area contributed by atoms with E-state index in [1.807, 2.05) is 6.07 Å². The van der Waals surface area contributed by atoms with E-state index in [4.69, 9.17) is 4.74 Å². The molecule has 0 radical (unpaired) electrons. The molecule has 0 saturated carbocycles. The first-order valence-electron chi connectivity index (χ1n) is 11.6. The summed E-state index contributed by atoms with van der Waals surface area (Å²) in [5, 5.41) is 6.37. The first-order valence-corrected chi connectivity index (χ1v) is 11.6. The monoisotopic (exact) mass is 532 g/mol.